The fourth-order valence-corrected chi connectivity index (χ4v) is 2.07. The predicted molar refractivity (Wildman–Crippen MR) is 85.1 cm³/mol. The maximum absolute atomic E-state index is 12.1. The van der Waals surface area contributed by atoms with Crippen molar-refractivity contribution in [1.29, 1.82) is 0 Å². The van der Waals surface area contributed by atoms with E-state index in [0.717, 1.165) is 17.0 Å². The molecule has 4 nitrogen and oxygen atoms in total. The van der Waals surface area contributed by atoms with Crippen LogP contribution in [0.5, 0.6) is 0 Å². The summed E-state index contributed by atoms with van der Waals surface area (Å²) in [5, 5.41) is 2.88. The molecule has 0 aliphatic heterocycles. The Morgan fingerprint density at radius 2 is 1.64 bits per heavy atom. The topological polar surface area (TPSA) is 54.9 Å². The van der Waals surface area contributed by atoms with Crippen molar-refractivity contribution in [3.63, 3.8) is 0 Å². The molecule has 0 atom stereocenters. The van der Waals surface area contributed by atoms with Gasteiger partial charge in [-0.1, -0.05) is 36.4 Å². The molecule has 0 saturated heterocycles. The molecule has 1 N–H and O–H groups in total. The zero-order chi connectivity index (χ0) is 15.2. The molecule has 2 aromatic heterocycles. The maximum atomic E-state index is 12.1. The largest absolute Gasteiger partial charge is 0.348 e. The highest BCUT2D eigenvalue weighted by Gasteiger charge is 2.07. The summed E-state index contributed by atoms with van der Waals surface area (Å²) in [7, 11) is 0. The fraction of sp³-hybridized carbons (Fsp3) is 0.0556. The van der Waals surface area contributed by atoms with Crippen LogP contribution in [-0.2, 0) is 6.54 Å². The van der Waals surface area contributed by atoms with Gasteiger partial charge in [0, 0.05) is 18.9 Å². The molecule has 22 heavy (non-hydrogen) atoms. The van der Waals surface area contributed by atoms with Crippen LogP contribution in [0.25, 0.3) is 11.4 Å². The van der Waals surface area contributed by atoms with Crippen molar-refractivity contribution in [3.8, 4) is 11.4 Å². The highest BCUT2D eigenvalue weighted by molar-refractivity contribution is 5.94. The lowest BCUT2D eigenvalue weighted by atomic mass is 10.2. The quantitative estimate of drug-likeness (QED) is 0.803. The molecule has 0 aliphatic carbocycles. The average molecular weight is 289 g/mol. The second-order valence-corrected chi connectivity index (χ2v) is 4.82. The highest BCUT2D eigenvalue weighted by atomic mass is 16.1. The third-order valence-electron chi connectivity index (χ3n) is 3.25. The van der Waals surface area contributed by atoms with E-state index in [0.29, 0.717) is 12.1 Å². The van der Waals surface area contributed by atoms with Crippen molar-refractivity contribution in [2.45, 2.75) is 6.54 Å². The second kappa shape index (κ2) is 6.63. The SMILES string of the molecule is O=C(NCc1ccccc1)c1ccc(-c2ccccn2)nc1. The lowest BCUT2D eigenvalue weighted by Gasteiger charge is -2.06. The van der Waals surface area contributed by atoms with Gasteiger partial charge in [-0.2, -0.15) is 0 Å². The Morgan fingerprint density at radius 3 is 2.32 bits per heavy atom. The molecule has 108 valence electrons. The van der Waals surface area contributed by atoms with Crippen LogP contribution in [0.1, 0.15) is 15.9 Å². The number of pyridine rings is 2. The molecule has 2 heterocycles. The lowest BCUT2D eigenvalue weighted by Crippen LogP contribution is -2.22. The summed E-state index contributed by atoms with van der Waals surface area (Å²) in [6.07, 6.45) is 3.29. The molecular weight excluding hydrogens is 274 g/mol. The summed E-state index contributed by atoms with van der Waals surface area (Å²) in [6, 6.07) is 19.0. The predicted octanol–water partition coefficient (Wildman–Crippen LogP) is 3.07. The van der Waals surface area contributed by atoms with Gasteiger partial charge in [-0.3, -0.25) is 14.8 Å². The Balaban J connectivity index is 1.66. The zero-order valence-corrected chi connectivity index (χ0v) is 11.9. The Labute approximate surface area is 128 Å². The first-order chi connectivity index (χ1) is 10.8. The third-order valence-corrected chi connectivity index (χ3v) is 3.25. The molecule has 1 amide bonds. The van der Waals surface area contributed by atoms with Crippen LogP contribution in [0, 0.1) is 0 Å². The number of aromatic nitrogens is 2. The van der Waals surface area contributed by atoms with Crippen molar-refractivity contribution in [3.05, 3.63) is 84.2 Å². The Morgan fingerprint density at radius 1 is 0.864 bits per heavy atom. The molecule has 0 spiro atoms. The molecule has 3 rings (SSSR count). The van der Waals surface area contributed by atoms with Gasteiger partial charge in [-0.15, -0.1) is 0 Å². The van der Waals surface area contributed by atoms with Crippen molar-refractivity contribution in [2.75, 3.05) is 0 Å². The van der Waals surface area contributed by atoms with Crippen LogP contribution in [0.3, 0.4) is 0 Å². The van der Waals surface area contributed by atoms with Crippen LogP contribution in [0.15, 0.2) is 73.1 Å². The Bertz CT molecular complexity index is 740. The minimum Gasteiger partial charge on any atom is -0.348 e. The number of rotatable bonds is 4. The van der Waals surface area contributed by atoms with Gasteiger partial charge in [-0.25, -0.2) is 0 Å². The molecule has 4 heteroatoms. The van der Waals surface area contributed by atoms with E-state index < -0.39 is 0 Å². The van der Waals surface area contributed by atoms with Gasteiger partial charge in [0.25, 0.3) is 5.91 Å². The molecule has 3 aromatic rings. The van der Waals surface area contributed by atoms with Crippen LogP contribution >= 0.6 is 0 Å². The highest BCUT2D eigenvalue weighted by Crippen LogP contribution is 2.13. The molecule has 1 aromatic carbocycles. The number of nitrogens with zero attached hydrogens (tertiary/aromatic N) is 2. The molecule has 0 radical (unpaired) electrons. The fourth-order valence-electron chi connectivity index (χ4n) is 2.07. The smallest absolute Gasteiger partial charge is 0.253 e. The van der Waals surface area contributed by atoms with E-state index in [9.17, 15) is 4.79 Å². The van der Waals surface area contributed by atoms with E-state index in [1.165, 1.54) is 0 Å². The number of hydrogen-bond acceptors (Lipinski definition) is 3. The Kier molecular flexibility index (Phi) is 4.20. The summed E-state index contributed by atoms with van der Waals surface area (Å²) < 4.78 is 0. The number of hydrogen-bond donors (Lipinski definition) is 1. The first kappa shape index (κ1) is 13.9. The average Bonchev–Trinajstić information content (AvgIpc) is 2.61. The first-order valence-electron chi connectivity index (χ1n) is 7.02. The van der Waals surface area contributed by atoms with Crippen LogP contribution in [-0.4, -0.2) is 15.9 Å². The normalized spacial score (nSPS) is 10.2. The van der Waals surface area contributed by atoms with Gasteiger partial charge in [0.2, 0.25) is 0 Å². The minimum absolute atomic E-state index is 0.135. The molecule has 0 bridgehead atoms. The molecule has 0 unspecified atom stereocenters. The number of carbonyl (C=O) groups excluding carboxylic acids is 1. The van der Waals surface area contributed by atoms with Crippen LogP contribution in [0.2, 0.25) is 0 Å². The summed E-state index contributed by atoms with van der Waals surface area (Å²) in [6.45, 7) is 0.502. The first-order valence-corrected chi connectivity index (χ1v) is 7.02. The van der Waals surface area contributed by atoms with Gasteiger partial charge in [-0.05, 0) is 29.8 Å². The van der Waals surface area contributed by atoms with E-state index in [1.807, 2.05) is 48.5 Å². The van der Waals surface area contributed by atoms with Gasteiger partial charge < -0.3 is 5.32 Å². The van der Waals surface area contributed by atoms with Crippen LogP contribution < -0.4 is 5.32 Å². The molecule has 0 fully saturated rings. The van der Waals surface area contributed by atoms with Crippen LogP contribution in [0.4, 0.5) is 0 Å². The molecular formula is C18H15N3O. The third kappa shape index (κ3) is 3.35. The minimum atomic E-state index is -0.135. The van der Waals surface area contributed by atoms with Gasteiger partial charge >= 0.3 is 0 Å². The van der Waals surface area contributed by atoms with E-state index >= 15 is 0 Å². The van der Waals surface area contributed by atoms with Gasteiger partial charge in [0.05, 0.1) is 17.0 Å². The van der Waals surface area contributed by atoms with Crippen molar-refractivity contribution in [1.82, 2.24) is 15.3 Å². The van der Waals surface area contributed by atoms with Crippen molar-refractivity contribution in [2.24, 2.45) is 0 Å². The van der Waals surface area contributed by atoms with Gasteiger partial charge in [0.1, 0.15) is 0 Å². The standard InChI is InChI=1S/C18H15N3O/c22-18(21-12-14-6-2-1-3-7-14)15-9-10-17(20-13-15)16-8-4-5-11-19-16/h1-11,13H,12H2,(H,21,22). The Hall–Kier alpha value is -3.01. The maximum Gasteiger partial charge on any atom is 0.253 e. The number of nitrogens with one attached hydrogen (secondary N) is 1. The lowest BCUT2D eigenvalue weighted by molar-refractivity contribution is 0.0950. The summed E-state index contributed by atoms with van der Waals surface area (Å²) in [5.41, 5.74) is 3.14. The molecule has 0 saturated carbocycles. The summed E-state index contributed by atoms with van der Waals surface area (Å²) in [5.74, 6) is -0.135. The van der Waals surface area contributed by atoms with E-state index in [4.69, 9.17) is 0 Å². The van der Waals surface area contributed by atoms with E-state index in [2.05, 4.69) is 15.3 Å². The van der Waals surface area contributed by atoms with E-state index in [-0.39, 0.29) is 5.91 Å². The molecule has 0 aliphatic rings. The second-order valence-electron chi connectivity index (χ2n) is 4.82. The zero-order valence-electron chi connectivity index (χ0n) is 11.9. The van der Waals surface area contributed by atoms with Crippen molar-refractivity contribution < 1.29 is 4.79 Å². The number of carbonyl (C=O) groups is 1. The van der Waals surface area contributed by atoms with E-state index in [1.54, 1.807) is 24.5 Å². The number of amides is 1. The summed E-state index contributed by atoms with van der Waals surface area (Å²) in [4.78, 5) is 20.6. The van der Waals surface area contributed by atoms with Crippen molar-refractivity contribution >= 4 is 5.91 Å². The monoisotopic (exact) mass is 289 g/mol. The number of benzene rings is 1. The van der Waals surface area contributed by atoms with Gasteiger partial charge in [0.15, 0.2) is 0 Å². The summed E-state index contributed by atoms with van der Waals surface area (Å²) >= 11 is 0.